The van der Waals surface area contributed by atoms with Crippen LogP contribution < -0.4 is 0 Å². The van der Waals surface area contributed by atoms with Crippen LogP contribution in [-0.4, -0.2) is 5.11 Å². The first-order valence-electron chi connectivity index (χ1n) is 4.71. The third-order valence-electron chi connectivity index (χ3n) is 2.08. The fourth-order valence-corrected chi connectivity index (χ4v) is 1.29. The lowest BCUT2D eigenvalue weighted by Crippen LogP contribution is -1.86. The normalized spacial score (nSPS) is 10.3. The van der Waals surface area contributed by atoms with Crippen LogP contribution >= 0.6 is 0 Å². The molecule has 0 saturated carbocycles. The minimum Gasteiger partial charge on any atom is -0.505 e. The summed E-state index contributed by atoms with van der Waals surface area (Å²) in [4.78, 5) is 0. The minimum atomic E-state index is -0.542. The molecule has 13 heavy (non-hydrogen) atoms. The Balaban J connectivity index is 2.53. The Bertz CT molecular complexity index is 271. The van der Waals surface area contributed by atoms with Crippen LogP contribution in [0, 0.1) is 5.82 Å². The monoisotopic (exact) mass is 182 g/mol. The molecule has 1 aromatic carbocycles. The van der Waals surface area contributed by atoms with E-state index in [1.807, 2.05) is 0 Å². The van der Waals surface area contributed by atoms with Crippen LogP contribution in [0.25, 0.3) is 0 Å². The number of hydrogen-bond donors (Lipinski definition) is 1. The predicted octanol–water partition coefficient (Wildman–Crippen LogP) is 3.26. The molecule has 1 aromatic rings. The summed E-state index contributed by atoms with van der Waals surface area (Å²) in [5.41, 5.74) is 1.01. The molecule has 0 amide bonds. The van der Waals surface area contributed by atoms with Gasteiger partial charge in [0.2, 0.25) is 0 Å². The van der Waals surface area contributed by atoms with Gasteiger partial charge in [0.25, 0.3) is 0 Å². The Kier molecular flexibility index (Phi) is 3.74. The van der Waals surface area contributed by atoms with E-state index in [-0.39, 0.29) is 5.75 Å². The van der Waals surface area contributed by atoms with Crippen molar-refractivity contribution in [1.82, 2.24) is 0 Å². The molecule has 0 aliphatic rings. The van der Waals surface area contributed by atoms with Gasteiger partial charge in [-0.25, -0.2) is 4.39 Å². The lowest BCUT2D eigenvalue weighted by atomic mass is 10.1. The topological polar surface area (TPSA) is 20.2 Å². The van der Waals surface area contributed by atoms with E-state index >= 15 is 0 Å². The van der Waals surface area contributed by atoms with E-state index in [0.717, 1.165) is 18.4 Å². The summed E-state index contributed by atoms with van der Waals surface area (Å²) >= 11 is 0. The fourth-order valence-electron chi connectivity index (χ4n) is 1.29. The van der Waals surface area contributed by atoms with Crippen LogP contribution in [0.2, 0.25) is 0 Å². The highest BCUT2D eigenvalue weighted by Crippen LogP contribution is 2.18. The number of hydrogen-bond acceptors (Lipinski definition) is 1. The molecule has 2 heteroatoms. The maximum atomic E-state index is 12.6. The summed E-state index contributed by atoms with van der Waals surface area (Å²) in [5, 5.41) is 9.08. The van der Waals surface area contributed by atoms with Crippen molar-refractivity contribution >= 4 is 0 Å². The smallest absolute Gasteiger partial charge is 0.164 e. The van der Waals surface area contributed by atoms with Gasteiger partial charge in [0.1, 0.15) is 0 Å². The largest absolute Gasteiger partial charge is 0.505 e. The first kappa shape index (κ1) is 10.0. The molecule has 1 N–H and O–H groups in total. The average Bonchev–Trinajstić information content (AvgIpc) is 2.12. The van der Waals surface area contributed by atoms with E-state index in [2.05, 4.69) is 6.92 Å². The number of halogens is 1. The van der Waals surface area contributed by atoms with Gasteiger partial charge in [-0.1, -0.05) is 25.8 Å². The van der Waals surface area contributed by atoms with Gasteiger partial charge in [0.05, 0.1) is 0 Å². The van der Waals surface area contributed by atoms with Crippen molar-refractivity contribution in [3.05, 3.63) is 29.6 Å². The van der Waals surface area contributed by atoms with Gasteiger partial charge >= 0.3 is 0 Å². The Morgan fingerprint density at radius 2 is 2.08 bits per heavy atom. The Hall–Kier alpha value is -1.05. The molecule has 0 unspecified atom stereocenters. The van der Waals surface area contributed by atoms with Gasteiger partial charge in [-0.2, -0.15) is 0 Å². The second-order valence-corrected chi connectivity index (χ2v) is 3.24. The molecule has 0 bridgehead atoms. The molecule has 0 saturated heterocycles. The third-order valence-corrected chi connectivity index (χ3v) is 2.08. The summed E-state index contributed by atoms with van der Waals surface area (Å²) in [6, 6.07) is 4.55. The van der Waals surface area contributed by atoms with Crippen LogP contribution in [-0.2, 0) is 6.42 Å². The fraction of sp³-hybridized carbons (Fsp3) is 0.455. The highest BCUT2D eigenvalue weighted by Gasteiger charge is 2.00. The summed E-state index contributed by atoms with van der Waals surface area (Å²) in [5.74, 6) is -0.784. The van der Waals surface area contributed by atoms with E-state index in [0.29, 0.717) is 0 Å². The number of phenols is 1. The van der Waals surface area contributed by atoms with E-state index in [9.17, 15) is 4.39 Å². The second kappa shape index (κ2) is 4.85. The first-order valence-corrected chi connectivity index (χ1v) is 4.71. The van der Waals surface area contributed by atoms with Gasteiger partial charge in [0.15, 0.2) is 11.6 Å². The van der Waals surface area contributed by atoms with E-state index < -0.39 is 5.82 Å². The van der Waals surface area contributed by atoms with Crippen molar-refractivity contribution in [1.29, 1.82) is 0 Å². The predicted molar refractivity (Wildman–Crippen MR) is 51.3 cm³/mol. The van der Waals surface area contributed by atoms with Crippen LogP contribution in [0.1, 0.15) is 31.7 Å². The zero-order valence-electron chi connectivity index (χ0n) is 7.89. The van der Waals surface area contributed by atoms with E-state index in [1.54, 1.807) is 6.07 Å². The number of phenolic OH excluding ortho intramolecular Hbond substituents is 1. The lowest BCUT2D eigenvalue weighted by Gasteiger charge is -2.01. The quantitative estimate of drug-likeness (QED) is 0.708. The standard InChI is InChI=1S/C11H15FO/c1-2-3-4-5-9-6-7-10(12)11(13)8-9/h6-8,13H,2-5H2,1H3. The highest BCUT2D eigenvalue weighted by molar-refractivity contribution is 5.28. The van der Waals surface area contributed by atoms with Gasteiger partial charge in [-0.05, 0) is 30.5 Å². The van der Waals surface area contributed by atoms with E-state index in [1.165, 1.54) is 25.0 Å². The van der Waals surface area contributed by atoms with Crippen molar-refractivity contribution in [2.75, 3.05) is 0 Å². The molecule has 0 heterocycles. The van der Waals surface area contributed by atoms with Crippen molar-refractivity contribution in [2.45, 2.75) is 32.6 Å². The van der Waals surface area contributed by atoms with Crippen LogP contribution in [0.15, 0.2) is 18.2 Å². The summed E-state index contributed by atoms with van der Waals surface area (Å²) < 4.78 is 12.6. The van der Waals surface area contributed by atoms with Gasteiger partial charge in [-0.3, -0.25) is 0 Å². The van der Waals surface area contributed by atoms with Crippen molar-refractivity contribution in [3.8, 4) is 5.75 Å². The van der Waals surface area contributed by atoms with Crippen LogP contribution in [0.5, 0.6) is 5.75 Å². The zero-order valence-corrected chi connectivity index (χ0v) is 7.89. The third kappa shape index (κ3) is 3.05. The SMILES string of the molecule is CCCCCc1ccc(F)c(O)c1. The molecule has 0 aliphatic heterocycles. The lowest BCUT2D eigenvalue weighted by molar-refractivity contribution is 0.431. The molecule has 0 spiro atoms. The molecule has 0 radical (unpaired) electrons. The van der Waals surface area contributed by atoms with Crippen molar-refractivity contribution < 1.29 is 9.50 Å². The maximum absolute atomic E-state index is 12.6. The van der Waals surface area contributed by atoms with E-state index in [4.69, 9.17) is 5.11 Å². The van der Waals surface area contributed by atoms with Crippen LogP contribution in [0.3, 0.4) is 0 Å². The first-order chi connectivity index (χ1) is 6.24. The molecular weight excluding hydrogens is 167 g/mol. The Morgan fingerprint density at radius 1 is 1.31 bits per heavy atom. The van der Waals surface area contributed by atoms with Gasteiger partial charge in [-0.15, -0.1) is 0 Å². The van der Waals surface area contributed by atoms with Crippen molar-refractivity contribution in [2.24, 2.45) is 0 Å². The Morgan fingerprint density at radius 3 is 2.69 bits per heavy atom. The number of aryl methyl sites for hydroxylation is 1. The Labute approximate surface area is 78.2 Å². The van der Waals surface area contributed by atoms with Crippen molar-refractivity contribution in [3.63, 3.8) is 0 Å². The summed E-state index contributed by atoms with van der Waals surface area (Å²) in [7, 11) is 0. The number of rotatable bonds is 4. The molecule has 0 fully saturated rings. The molecule has 0 aromatic heterocycles. The molecule has 1 nitrogen and oxygen atoms in total. The molecule has 0 atom stereocenters. The zero-order chi connectivity index (χ0) is 9.68. The maximum Gasteiger partial charge on any atom is 0.164 e. The number of unbranched alkanes of at least 4 members (excludes halogenated alkanes) is 2. The van der Waals surface area contributed by atoms with Gasteiger partial charge in [0, 0.05) is 0 Å². The summed E-state index contributed by atoms with van der Waals surface area (Å²) in [6.07, 6.45) is 4.37. The minimum absolute atomic E-state index is 0.242. The number of aromatic hydroxyl groups is 1. The molecule has 0 aliphatic carbocycles. The molecular formula is C11H15FO. The van der Waals surface area contributed by atoms with Crippen LogP contribution in [0.4, 0.5) is 4.39 Å². The average molecular weight is 182 g/mol. The highest BCUT2D eigenvalue weighted by atomic mass is 19.1. The number of benzene rings is 1. The second-order valence-electron chi connectivity index (χ2n) is 3.24. The molecule has 1 rings (SSSR count). The van der Waals surface area contributed by atoms with Gasteiger partial charge < -0.3 is 5.11 Å². The molecule has 72 valence electrons. The summed E-state index contributed by atoms with van der Waals surface area (Å²) in [6.45, 7) is 2.14.